The fourth-order valence-corrected chi connectivity index (χ4v) is 7.87. The SMILES string of the molecule is CC1(CO)C(O)CCC2(C)C1CC(O)C1CC3CC12CCC3(O)CO. The Kier molecular flexibility index (Phi) is 3.94. The third kappa shape index (κ3) is 2.02. The average Bonchev–Trinajstić information content (AvgIpc) is 2.97. The summed E-state index contributed by atoms with van der Waals surface area (Å²) in [5.74, 6) is 0.255. The summed E-state index contributed by atoms with van der Waals surface area (Å²) in [7, 11) is 0. The Balaban J connectivity index is 1.79. The molecule has 1 spiro atoms. The van der Waals surface area contributed by atoms with Crippen molar-refractivity contribution >= 4 is 0 Å². The summed E-state index contributed by atoms with van der Waals surface area (Å²) >= 11 is 0. The topological polar surface area (TPSA) is 101 Å². The zero-order chi connectivity index (χ0) is 18.3. The van der Waals surface area contributed by atoms with Gasteiger partial charge >= 0.3 is 0 Å². The highest BCUT2D eigenvalue weighted by Crippen LogP contribution is 2.75. The number of hydrogen-bond acceptors (Lipinski definition) is 5. The molecule has 0 aromatic heterocycles. The predicted octanol–water partition coefficient (Wildman–Crippen LogP) is 1.06. The molecular formula is C20H34O5. The van der Waals surface area contributed by atoms with Crippen LogP contribution in [-0.2, 0) is 0 Å². The van der Waals surface area contributed by atoms with E-state index in [4.69, 9.17) is 0 Å². The van der Waals surface area contributed by atoms with E-state index in [0.29, 0.717) is 19.3 Å². The molecular weight excluding hydrogens is 320 g/mol. The summed E-state index contributed by atoms with van der Waals surface area (Å²) < 4.78 is 0. The van der Waals surface area contributed by atoms with Gasteiger partial charge in [-0.1, -0.05) is 13.8 Å². The smallest absolute Gasteiger partial charge is 0.0905 e. The number of rotatable bonds is 2. The molecule has 5 nitrogen and oxygen atoms in total. The molecule has 144 valence electrons. The third-order valence-corrected chi connectivity index (χ3v) is 9.58. The Labute approximate surface area is 150 Å². The molecule has 25 heavy (non-hydrogen) atoms. The molecule has 4 saturated carbocycles. The van der Waals surface area contributed by atoms with E-state index in [2.05, 4.69) is 6.92 Å². The van der Waals surface area contributed by atoms with Crippen molar-refractivity contribution in [2.45, 2.75) is 76.6 Å². The van der Waals surface area contributed by atoms with Crippen molar-refractivity contribution in [3.63, 3.8) is 0 Å². The minimum Gasteiger partial charge on any atom is -0.396 e. The Morgan fingerprint density at radius 1 is 0.960 bits per heavy atom. The fourth-order valence-electron chi connectivity index (χ4n) is 7.87. The Morgan fingerprint density at radius 2 is 1.68 bits per heavy atom. The van der Waals surface area contributed by atoms with Gasteiger partial charge in [0.1, 0.15) is 0 Å². The molecule has 0 aromatic carbocycles. The van der Waals surface area contributed by atoms with Crippen LogP contribution in [0.5, 0.6) is 0 Å². The Morgan fingerprint density at radius 3 is 2.32 bits per heavy atom. The van der Waals surface area contributed by atoms with Gasteiger partial charge in [-0.2, -0.15) is 0 Å². The van der Waals surface area contributed by atoms with Crippen molar-refractivity contribution in [1.29, 1.82) is 0 Å². The van der Waals surface area contributed by atoms with Crippen LogP contribution in [0, 0.1) is 34.0 Å². The molecule has 4 aliphatic carbocycles. The van der Waals surface area contributed by atoms with Crippen LogP contribution in [-0.4, -0.2) is 56.6 Å². The average molecular weight is 354 g/mol. The lowest BCUT2D eigenvalue weighted by molar-refractivity contribution is -0.237. The molecule has 0 radical (unpaired) electrons. The molecule has 0 aromatic rings. The molecule has 5 N–H and O–H groups in total. The van der Waals surface area contributed by atoms with Crippen LogP contribution in [0.1, 0.15) is 58.8 Å². The number of fused-ring (bicyclic) bond motifs is 2. The summed E-state index contributed by atoms with van der Waals surface area (Å²) in [6.45, 7) is 4.01. The van der Waals surface area contributed by atoms with Gasteiger partial charge in [0.05, 0.1) is 31.0 Å². The van der Waals surface area contributed by atoms with E-state index in [0.717, 1.165) is 25.7 Å². The molecule has 0 saturated heterocycles. The Bertz CT molecular complexity index is 554. The fraction of sp³-hybridized carbons (Fsp3) is 1.00. The molecule has 5 heteroatoms. The standard InChI is InChI=1S/C20H34O5/c1-17(10-21)15-8-14(23)13-7-12-9-19(13,5-6-20(12,25)11-22)18(15,2)4-3-16(17)24/h12-16,21-25H,3-11H2,1-2H3. The zero-order valence-corrected chi connectivity index (χ0v) is 15.5. The normalized spacial score (nSPS) is 60.8. The number of aliphatic hydroxyl groups excluding tert-OH is 4. The van der Waals surface area contributed by atoms with Crippen LogP contribution < -0.4 is 0 Å². The van der Waals surface area contributed by atoms with E-state index in [9.17, 15) is 25.5 Å². The maximum absolute atomic E-state index is 11.0. The molecule has 4 rings (SSSR count). The second kappa shape index (κ2) is 5.41. The highest BCUT2D eigenvalue weighted by atomic mass is 16.3. The summed E-state index contributed by atoms with van der Waals surface area (Å²) in [4.78, 5) is 0. The van der Waals surface area contributed by atoms with E-state index in [1.54, 1.807) is 0 Å². The van der Waals surface area contributed by atoms with E-state index in [1.165, 1.54) is 0 Å². The third-order valence-electron chi connectivity index (χ3n) is 9.58. The van der Waals surface area contributed by atoms with E-state index in [1.807, 2.05) is 6.92 Å². The molecule has 9 atom stereocenters. The minimum absolute atomic E-state index is 0.0358. The summed E-state index contributed by atoms with van der Waals surface area (Å²) in [6, 6.07) is 0. The van der Waals surface area contributed by atoms with Gasteiger partial charge in [0.2, 0.25) is 0 Å². The van der Waals surface area contributed by atoms with Gasteiger partial charge in [0, 0.05) is 5.41 Å². The molecule has 4 fully saturated rings. The van der Waals surface area contributed by atoms with E-state index >= 15 is 0 Å². The van der Waals surface area contributed by atoms with Gasteiger partial charge in [-0.05, 0) is 73.5 Å². The summed E-state index contributed by atoms with van der Waals surface area (Å²) in [5, 5.41) is 52.4. The number of aliphatic hydroxyl groups is 5. The van der Waals surface area contributed by atoms with Crippen LogP contribution >= 0.6 is 0 Å². The molecule has 0 heterocycles. The quantitative estimate of drug-likeness (QED) is 0.510. The molecule has 9 unspecified atom stereocenters. The monoisotopic (exact) mass is 354 g/mol. The van der Waals surface area contributed by atoms with E-state index in [-0.39, 0.29) is 41.8 Å². The van der Waals surface area contributed by atoms with Crippen LogP contribution in [0.25, 0.3) is 0 Å². The van der Waals surface area contributed by atoms with Crippen molar-refractivity contribution in [3.8, 4) is 0 Å². The van der Waals surface area contributed by atoms with Crippen molar-refractivity contribution in [2.75, 3.05) is 13.2 Å². The van der Waals surface area contributed by atoms with Crippen molar-refractivity contribution in [2.24, 2.45) is 34.0 Å². The van der Waals surface area contributed by atoms with Gasteiger partial charge in [0.25, 0.3) is 0 Å². The lowest BCUT2D eigenvalue weighted by Crippen LogP contribution is -2.65. The Hall–Kier alpha value is -0.200. The van der Waals surface area contributed by atoms with Crippen LogP contribution in [0.3, 0.4) is 0 Å². The maximum atomic E-state index is 11.0. The van der Waals surface area contributed by atoms with Crippen LogP contribution in [0.4, 0.5) is 0 Å². The largest absolute Gasteiger partial charge is 0.396 e. The molecule has 4 aliphatic rings. The van der Waals surface area contributed by atoms with Crippen molar-refractivity contribution in [1.82, 2.24) is 0 Å². The highest BCUT2D eigenvalue weighted by molar-refractivity contribution is 5.21. The summed E-state index contributed by atoms with van der Waals surface area (Å²) in [6.07, 6.45) is 4.22. The van der Waals surface area contributed by atoms with Gasteiger partial charge in [-0.3, -0.25) is 0 Å². The second-order valence-electron chi connectivity index (χ2n) is 10.2. The van der Waals surface area contributed by atoms with Gasteiger partial charge < -0.3 is 25.5 Å². The van der Waals surface area contributed by atoms with Crippen molar-refractivity contribution < 1.29 is 25.5 Å². The lowest BCUT2D eigenvalue weighted by Gasteiger charge is -2.67. The first kappa shape index (κ1) is 18.2. The second-order valence-corrected chi connectivity index (χ2v) is 10.2. The maximum Gasteiger partial charge on any atom is 0.0905 e. The molecule has 0 aliphatic heterocycles. The van der Waals surface area contributed by atoms with E-state index < -0.39 is 23.2 Å². The zero-order valence-electron chi connectivity index (χ0n) is 15.5. The summed E-state index contributed by atoms with van der Waals surface area (Å²) in [5.41, 5.74) is -1.71. The highest BCUT2D eigenvalue weighted by Gasteiger charge is 2.72. The van der Waals surface area contributed by atoms with Crippen LogP contribution in [0.2, 0.25) is 0 Å². The first-order valence-corrected chi connectivity index (χ1v) is 9.97. The number of hydrogen-bond donors (Lipinski definition) is 5. The van der Waals surface area contributed by atoms with Gasteiger partial charge in [0.15, 0.2) is 0 Å². The molecule has 2 bridgehead atoms. The van der Waals surface area contributed by atoms with Gasteiger partial charge in [-0.15, -0.1) is 0 Å². The van der Waals surface area contributed by atoms with Gasteiger partial charge in [-0.25, -0.2) is 0 Å². The van der Waals surface area contributed by atoms with Crippen LogP contribution in [0.15, 0.2) is 0 Å². The molecule has 0 amide bonds. The minimum atomic E-state index is -1.01. The lowest BCUT2D eigenvalue weighted by atomic mass is 9.38. The first-order valence-electron chi connectivity index (χ1n) is 9.97. The first-order chi connectivity index (χ1) is 11.7. The predicted molar refractivity (Wildman–Crippen MR) is 92.6 cm³/mol. The van der Waals surface area contributed by atoms with Crippen molar-refractivity contribution in [3.05, 3.63) is 0 Å².